The second-order valence-electron chi connectivity index (χ2n) is 3.34. The van der Waals surface area contributed by atoms with Gasteiger partial charge in [-0.25, -0.2) is 0 Å². The van der Waals surface area contributed by atoms with Gasteiger partial charge in [-0.15, -0.1) is 0 Å². The Morgan fingerprint density at radius 3 is 2.94 bits per heavy atom. The molecule has 0 aliphatic carbocycles. The van der Waals surface area contributed by atoms with E-state index in [1.165, 1.54) is 0 Å². The van der Waals surface area contributed by atoms with Crippen LogP contribution < -0.4 is 5.32 Å². The van der Waals surface area contributed by atoms with Crippen molar-refractivity contribution < 1.29 is 4.79 Å². The largest absolute Gasteiger partial charge is 0.307 e. The van der Waals surface area contributed by atoms with Crippen LogP contribution in [0.2, 0.25) is 0 Å². The van der Waals surface area contributed by atoms with Gasteiger partial charge in [-0.1, -0.05) is 22.0 Å². The lowest BCUT2D eigenvalue weighted by Crippen LogP contribution is -2.13. The highest BCUT2D eigenvalue weighted by Gasteiger charge is 2.10. The lowest BCUT2D eigenvalue weighted by atomic mass is 10.1. The number of H-pyrrole nitrogens is 1. The van der Waals surface area contributed by atoms with Crippen LogP contribution in [0, 0.1) is 6.92 Å². The first-order chi connectivity index (χ1) is 7.68. The number of carbonyl (C=O) groups excluding carboxylic acids is 1. The molecule has 0 unspecified atom stereocenters. The Bertz CT molecular complexity index is 508. The summed E-state index contributed by atoms with van der Waals surface area (Å²) in [7, 11) is 0. The van der Waals surface area contributed by atoms with Crippen LogP contribution in [-0.4, -0.2) is 16.1 Å². The second kappa shape index (κ2) is 4.49. The van der Waals surface area contributed by atoms with Crippen LogP contribution in [-0.2, 0) is 0 Å². The summed E-state index contributed by atoms with van der Waals surface area (Å²) in [6.45, 7) is 1.89. The van der Waals surface area contributed by atoms with E-state index in [4.69, 9.17) is 0 Å². The number of aromatic nitrogens is 2. The zero-order chi connectivity index (χ0) is 11.5. The molecule has 1 amide bonds. The summed E-state index contributed by atoms with van der Waals surface area (Å²) in [6, 6.07) is 7.22. The minimum atomic E-state index is -0.150. The average Bonchev–Trinajstić information content (AvgIpc) is 2.74. The number of nitrogens with one attached hydrogen (secondary N) is 2. The quantitative estimate of drug-likeness (QED) is 0.888. The molecular weight excluding hydrogens is 270 g/mol. The Kier molecular flexibility index (Phi) is 3.05. The van der Waals surface area contributed by atoms with Gasteiger partial charge >= 0.3 is 0 Å². The number of anilines is 1. The molecule has 0 radical (unpaired) electrons. The molecule has 2 rings (SSSR count). The molecule has 0 saturated carbocycles. The smallest absolute Gasteiger partial charge is 0.257 e. The fourth-order valence-electron chi connectivity index (χ4n) is 1.37. The van der Waals surface area contributed by atoms with Gasteiger partial charge in [-0.2, -0.15) is 5.10 Å². The lowest BCUT2D eigenvalue weighted by Gasteiger charge is -2.06. The van der Waals surface area contributed by atoms with Gasteiger partial charge in [0.2, 0.25) is 0 Å². The maximum absolute atomic E-state index is 11.9. The van der Waals surface area contributed by atoms with E-state index in [2.05, 4.69) is 31.4 Å². The van der Waals surface area contributed by atoms with E-state index < -0.39 is 0 Å². The predicted octanol–water partition coefficient (Wildman–Crippen LogP) is 2.73. The van der Waals surface area contributed by atoms with Crippen molar-refractivity contribution in [2.24, 2.45) is 0 Å². The zero-order valence-electron chi connectivity index (χ0n) is 8.62. The topological polar surface area (TPSA) is 57.8 Å². The number of carbonyl (C=O) groups is 1. The third kappa shape index (κ3) is 2.14. The monoisotopic (exact) mass is 279 g/mol. The zero-order valence-corrected chi connectivity index (χ0v) is 10.2. The van der Waals surface area contributed by atoms with Crippen LogP contribution in [0.5, 0.6) is 0 Å². The van der Waals surface area contributed by atoms with Gasteiger partial charge in [0.05, 0.1) is 6.20 Å². The minimum absolute atomic E-state index is 0.150. The highest BCUT2D eigenvalue weighted by molar-refractivity contribution is 9.10. The lowest BCUT2D eigenvalue weighted by molar-refractivity contribution is 0.102. The van der Waals surface area contributed by atoms with E-state index in [0.29, 0.717) is 11.4 Å². The molecule has 0 atom stereocenters. The summed E-state index contributed by atoms with van der Waals surface area (Å²) in [4.78, 5) is 11.9. The second-order valence-corrected chi connectivity index (χ2v) is 4.19. The Morgan fingerprint density at radius 2 is 2.25 bits per heavy atom. The molecule has 2 N–H and O–H groups in total. The number of benzene rings is 1. The molecule has 1 aromatic heterocycles. The van der Waals surface area contributed by atoms with Crippen molar-refractivity contribution in [1.82, 2.24) is 10.2 Å². The number of rotatable bonds is 2. The Morgan fingerprint density at radius 1 is 1.44 bits per heavy atom. The number of amides is 1. The van der Waals surface area contributed by atoms with Gasteiger partial charge in [-0.3, -0.25) is 9.89 Å². The molecule has 2 aromatic rings. The fraction of sp³-hybridized carbons (Fsp3) is 0.0909. The van der Waals surface area contributed by atoms with Crippen LogP contribution in [0.1, 0.15) is 15.9 Å². The molecule has 1 heterocycles. The third-order valence-electron chi connectivity index (χ3n) is 2.26. The molecule has 0 bridgehead atoms. The molecule has 0 aliphatic heterocycles. The first-order valence-electron chi connectivity index (χ1n) is 4.74. The van der Waals surface area contributed by atoms with Crippen molar-refractivity contribution >= 4 is 27.7 Å². The molecule has 0 fully saturated rings. The Hall–Kier alpha value is -1.62. The van der Waals surface area contributed by atoms with E-state index in [1.54, 1.807) is 18.3 Å². The van der Waals surface area contributed by atoms with Crippen LogP contribution in [0.4, 0.5) is 5.82 Å². The van der Waals surface area contributed by atoms with E-state index in [0.717, 1.165) is 10.0 Å². The Labute approximate surface area is 101 Å². The number of hydrogen-bond acceptors (Lipinski definition) is 2. The van der Waals surface area contributed by atoms with Gasteiger partial charge in [-0.05, 0) is 24.6 Å². The SMILES string of the molecule is Cc1c(Br)cccc1C(=O)Nc1ccn[nH]1. The van der Waals surface area contributed by atoms with E-state index >= 15 is 0 Å². The van der Waals surface area contributed by atoms with Crippen molar-refractivity contribution in [3.63, 3.8) is 0 Å². The van der Waals surface area contributed by atoms with Crippen molar-refractivity contribution in [3.05, 3.63) is 46.1 Å². The molecule has 0 saturated heterocycles. The molecule has 0 spiro atoms. The summed E-state index contributed by atoms with van der Waals surface area (Å²) in [5.41, 5.74) is 1.56. The summed E-state index contributed by atoms with van der Waals surface area (Å²) in [5, 5.41) is 9.17. The van der Waals surface area contributed by atoms with Gasteiger partial charge in [0.1, 0.15) is 5.82 Å². The maximum Gasteiger partial charge on any atom is 0.257 e. The van der Waals surface area contributed by atoms with Gasteiger partial charge < -0.3 is 5.32 Å². The number of aromatic amines is 1. The maximum atomic E-state index is 11.9. The normalized spacial score (nSPS) is 10.1. The molecular formula is C11H10BrN3O. The Balaban J connectivity index is 2.24. The summed E-state index contributed by atoms with van der Waals surface area (Å²) < 4.78 is 0.921. The van der Waals surface area contributed by atoms with Gasteiger partial charge in [0.15, 0.2) is 0 Å². The van der Waals surface area contributed by atoms with Crippen molar-refractivity contribution in [1.29, 1.82) is 0 Å². The summed E-state index contributed by atoms with van der Waals surface area (Å²) in [6.07, 6.45) is 1.59. The molecule has 16 heavy (non-hydrogen) atoms. The summed E-state index contributed by atoms with van der Waals surface area (Å²) in [5.74, 6) is 0.437. The molecule has 0 aliphatic rings. The van der Waals surface area contributed by atoms with Gasteiger partial charge in [0.25, 0.3) is 5.91 Å². The molecule has 82 valence electrons. The highest BCUT2D eigenvalue weighted by Crippen LogP contribution is 2.20. The third-order valence-corrected chi connectivity index (χ3v) is 3.12. The molecule has 1 aromatic carbocycles. The summed E-state index contributed by atoms with van der Waals surface area (Å²) >= 11 is 3.39. The van der Waals surface area contributed by atoms with Crippen LogP contribution in [0.25, 0.3) is 0 Å². The molecule has 4 nitrogen and oxygen atoms in total. The van der Waals surface area contributed by atoms with Crippen LogP contribution in [0.15, 0.2) is 34.9 Å². The number of halogens is 1. The first kappa shape index (κ1) is 10.9. The van der Waals surface area contributed by atoms with Crippen LogP contribution in [0.3, 0.4) is 0 Å². The van der Waals surface area contributed by atoms with E-state index in [-0.39, 0.29) is 5.91 Å². The minimum Gasteiger partial charge on any atom is -0.307 e. The van der Waals surface area contributed by atoms with Crippen LogP contribution >= 0.6 is 15.9 Å². The average molecular weight is 280 g/mol. The van der Waals surface area contributed by atoms with Crippen molar-refractivity contribution in [2.45, 2.75) is 6.92 Å². The number of nitrogens with zero attached hydrogens (tertiary/aromatic N) is 1. The van der Waals surface area contributed by atoms with Crippen molar-refractivity contribution in [2.75, 3.05) is 5.32 Å². The fourth-order valence-corrected chi connectivity index (χ4v) is 1.73. The molecule has 5 heteroatoms. The first-order valence-corrected chi connectivity index (χ1v) is 5.53. The standard InChI is InChI=1S/C11H10BrN3O/c1-7-8(3-2-4-9(7)12)11(16)14-10-5-6-13-15-10/h2-6H,1H3,(H2,13,14,15,16). The number of hydrogen-bond donors (Lipinski definition) is 2. The predicted molar refractivity (Wildman–Crippen MR) is 65.4 cm³/mol. The highest BCUT2D eigenvalue weighted by atomic mass is 79.9. The van der Waals surface area contributed by atoms with E-state index in [9.17, 15) is 4.79 Å². The van der Waals surface area contributed by atoms with E-state index in [1.807, 2.05) is 19.1 Å². The van der Waals surface area contributed by atoms with Gasteiger partial charge in [0, 0.05) is 16.1 Å². The van der Waals surface area contributed by atoms with Crippen molar-refractivity contribution in [3.8, 4) is 0 Å².